The molecule has 0 aliphatic carbocycles. The fraction of sp³-hybridized carbons (Fsp3) is 0.208. The van der Waals surface area contributed by atoms with Gasteiger partial charge in [0.25, 0.3) is 5.91 Å². The lowest BCUT2D eigenvalue weighted by molar-refractivity contribution is -0.147. The zero-order valence-corrected chi connectivity index (χ0v) is 20.1. The largest absolute Gasteiger partial charge is 0.455 e. The number of carbonyl (C=O) groups is 2. The Labute approximate surface area is 202 Å². The highest BCUT2D eigenvalue weighted by Crippen LogP contribution is 2.29. The van der Waals surface area contributed by atoms with Crippen LogP contribution in [0.25, 0.3) is 5.69 Å². The number of aromatic nitrogens is 1. The predicted molar refractivity (Wildman–Crippen MR) is 126 cm³/mol. The lowest BCUT2D eigenvalue weighted by Crippen LogP contribution is -2.34. The lowest BCUT2D eigenvalue weighted by Gasteiger charge is -2.16. The minimum atomic E-state index is -4.06. The molecule has 0 bridgehead atoms. The standard InChI is InChI=1S/C24H23FN4O5S/c1-16-17(2)29(19-7-5-4-6-8-19)24(21(16)13-26)27-22(30)15-34-23(31)14-28(3)35(32,33)20-11-9-18(25)10-12-20/h4-12H,14-15H2,1-3H3,(H,27,30). The van der Waals surface area contributed by atoms with Gasteiger partial charge < -0.3 is 10.1 Å². The van der Waals surface area contributed by atoms with Crippen LogP contribution in [-0.4, -0.2) is 49.4 Å². The van der Waals surface area contributed by atoms with Gasteiger partial charge >= 0.3 is 5.97 Å². The molecule has 1 amide bonds. The van der Waals surface area contributed by atoms with Crippen molar-refractivity contribution in [2.45, 2.75) is 18.7 Å². The second-order valence-corrected chi connectivity index (χ2v) is 9.69. The smallest absolute Gasteiger partial charge is 0.321 e. The van der Waals surface area contributed by atoms with E-state index in [-0.39, 0.29) is 16.3 Å². The summed E-state index contributed by atoms with van der Waals surface area (Å²) >= 11 is 0. The summed E-state index contributed by atoms with van der Waals surface area (Å²) in [4.78, 5) is 24.5. The molecule has 0 aliphatic heterocycles. The Balaban J connectivity index is 1.68. The predicted octanol–water partition coefficient (Wildman–Crippen LogP) is 2.91. The molecule has 0 saturated heterocycles. The summed E-state index contributed by atoms with van der Waals surface area (Å²) in [7, 11) is -2.90. The van der Waals surface area contributed by atoms with Gasteiger partial charge in [-0.15, -0.1) is 0 Å². The number of nitriles is 1. The number of hydrogen-bond donors (Lipinski definition) is 1. The second-order valence-electron chi connectivity index (χ2n) is 7.64. The van der Waals surface area contributed by atoms with E-state index in [1.165, 1.54) is 0 Å². The van der Waals surface area contributed by atoms with E-state index in [1.54, 1.807) is 11.5 Å². The van der Waals surface area contributed by atoms with Gasteiger partial charge in [-0.05, 0) is 55.8 Å². The van der Waals surface area contributed by atoms with Gasteiger partial charge in [0, 0.05) is 18.4 Å². The van der Waals surface area contributed by atoms with Gasteiger partial charge in [-0.25, -0.2) is 12.8 Å². The van der Waals surface area contributed by atoms with Gasteiger partial charge in [0.2, 0.25) is 10.0 Å². The number of nitrogens with one attached hydrogen (secondary N) is 1. The number of anilines is 1. The normalized spacial score (nSPS) is 11.2. The SMILES string of the molecule is Cc1c(C#N)c(NC(=O)COC(=O)CN(C)S(=O)(=O)c2ccc(F)cc2)n(-c2ccccc2)c1C. The average molecular weight is 499 g/mol. The van der Waals surface area contributed by atoms with Crippen molar-refractivity contribution < 1.29 is 27.1 Å². The number of carbonyl (C=O) groups excluding carboxylic acids is 2. The lowest BCUT2D eigenvalue weighted by atomic mass is 10.2. The number of halogens is 1. The first-order valence-corrected chi connectivity index (χ1v) is 11.8. The van der Waals surface area contributed by atoms with Gasteiger partial charge in [0.1, 0.15) is 24.2 Å². The maximum absolute atomic E-state index is 13.1. The number of sulfonamides is 1. The Hall–Kier alpha value is -4.01. The van der Waals surface area contributed by atoms with Gasteiger partial charge in [0.15, 0.2) is 6.61 Å². The third-order valence-electron chi connectivity index (χ3n) is 5.34. The maximum atomic E-state index is 13.1. The van der Waals surface area contributed by atoms with Crippen LogP contribution in [0.3, 0.4) is 0 Å². The number of nitrogens with zero attached hydrogens (tertiary/aromatic N) is 3. The Kier molecular flexibility index (Phi) is 7.68. The third-order valence-corrected chi connectivity index (χ3v) is 7.15. The summed E-state index contributed by atoms with van der Waals surface area (Å²) < 4.78 is 45.5. The molecular weight excluding hydrogens is 475 g/mol. The van der Waals surface area contributed by atoms with E-state index >= 15 is 0 Å². The first-order chi connectivity index (χ1) is 16.6. The number of likely N-dealkylation sites (N-methyl/N-ethyl adjacent to an activating group) is 1. The molecule has 1 N–H and O–H groups in total. The van der Waals surface area contributed by atoms with Crippen molar-refractivity contribution in [1.82, 2.24) is 8.87 Å². The topological polar surface area (TPSA) is 122 Å². The van der Waals surface area contributed by atoms with E-state index in [4.69, 9.17) is 4.74 Å². The number of hydrogen-bond acceptors (Lipinski definition) is 6. The number of benzene rings is 2. The molecule has 1 aromatic heterocycles. The maximum Gasteiger partial charge on any atom is 0.321 e. The molecule has 2 aromatic carbocycles. The number of esters is 1. The zero-order chi connectivity index (χ0) is 25.8. The van der Waals surface area contributed by atoms with Crippen molar-refractivity contribution >= 4 is 27.7 Å². The molecule has 0 aliphatic rings. The number of rotatable bonds is 8. The Morgan fingerprint density at radius 3 is 2.34 bits per heavy atom. The van der Waals surface area contributed by atoms with E-state index in [0.29, 0.717) is 5.56 Å². The van der Waals surface area contributed by atoms with E-state index in [1.807, 2.05) is 37.3 Å². The van der Waals surface area contributed by atoms with Crippen LogP contribution >= 0.6 is 0 Å². The fourth-order valence-electron chi connectivity index (χ4n) is 3.37. The Morgan fingerprint density at radius 2 is 1.74 bits per heavy atom. The van der Waals surface area contributed by atoms with Crippen LogP contribution in [0.4, 0.5) is 10.2 Å². The van der Waals surface area contributed by atoms with Gasteiger partial charge in [-0.3, -0.25) is 14.2 Å². The molecule has 3 rings (SSSR count). The molecule has 0 atom stereocenters. The van der Waals surface area contributed by atoms with E-state index in [9.17, 15) is 27.7 Å². The van der Waals surface area contributed by atoms with Crippen molar-refractivity contribution in [2.24, 2.45) is 0 Å². The summed E-state index contributed by atoms with van der Waals surface area (Å²) in [6.45, 7) is 2.23. The molecule has 1 heterocycles. The molecule has 3 aromatic rings. The fourth-order valence-corrected chi connectivity index (χ4v) is 4.49. The average Bonchev–Trinajstić information content (AvgIpc) is 3.07. The van der Waals surface area contributed by atoms with Crippen LogP contribution in [0.2, 0.25) is 0 Å². The van der Waals surface area contributed by atoms with Crippen molar-refractivity contribution in [2.75, 3.05) is 25.5 Å². The van der Waals surface area contributed by atoms with E-state index in [2.05, 4.69) is 11.4 Å². The van der Waals surface area contributed by atoms with Gasteiger partial charge in [-0.1, -0.05) is 18.2 Å². The van der Waals surface area contributed by atoms with Gasteiger partial charge in [0.05, 0.1) is 10.5 Å². The number of ether oxygens (including phenoxy) is 1. The molecule has 0 fully saturated rings. The minimum absolute atomic E-state index is 0.191. The van der Waals surface area contributed by atoms with Crippen LogP contribution in [0, 0.1) is 31.0 Å². The van der Waals surface area contributed by atoms with Crippen molar-refractivity contribution in [3.8, 4) is 11.8 Å². The molecule has 0 radical (unpaired) electrons. The second kappa shape index (κ2) is 10.5. The molecule has 0 unspecified atom stereocenters. The van der Waals surface area contributed by atoms with Crippen molar-refractivity contribution in [3.63, 3.8) is 0 Å². The Bertz CT molecular complexity index is 1390. The van der Waals surface area contributed by atoms with Crippen LogP contribution in [0.1, 0.15) is 16.8 Å². The molecule has 9 nitrogen and oxygen atoms in total. The summed E-state index contributed by atoms with van der Waals surface area (Å²) in [6.07, 6.45) is 0. The highest BCUT2D eigenvalue weighted by molar-refractivity contribution is 7.89. The highest BCUT2D eigenvalue weighted by Gasteiger charge is 2.25. The van der Waals surface area contributed by atoms with Crippen molar-refractivity contribution in [1.29, 1.82) is 5.26 Å². The molecule has 35 heavy (non-hydrogen) atoms. The first-order valence-electron chi connectivity index (χ1n) is 10.4. The summed E-state index contributed by atoms with van der Waals surface area (Å²) in [5, 5.41) is 12.2. The zero-order valence-electron chi connectivity index (χ0n) is 19.3. The molecule has 182 valence electrons. The van der Waals surface area contributed by atoms with Crippen molar-refractivity contribution in [3.05, 3.63) is 77.2 Å². The summed E-state index contributed by atoms with van der Waals surface area (Å²) in [6, 6.07) is 15.4. The van der Waals surface area contributed by atoms with E-state index in [0.717, 1.165) is 47.0 Å². The first kappa shape index (κ1) is 25.6. The van der Waals surface area contributed by atoms with Crippen LogP contribution in [0.15, 0.2) is 59.5 Å². The quantitative estimate of drug-likeness (QED) is 0.477. The van der Waals surface area contributed by atoms with Crippen LogP contribution < -0.4 is 5.32 Å². The number of para-hydroxylation sites is 1. The van der Waals surface area contributed by atoms with Gasteiger partial charge in [-0.2, -0.15) is 9.57 Å². The molecule has 11 heteroatoms. The van der Waals surface area contributed by atoms with E-state index < -0.39 is 40.9 Å². The summed E-state index contributed by atoms with van der Waals surface area (Å²) in [5.74, 6) is -2.01. The number of amides is 1. The minimum Gasteiger partial charge on any atom is -0.455 e. The van der Waals surface area contributed by atoms with Crippen LogP contribution in [-0.2, 0) is 24.3 Å². The monoisotopic (exact) mass is 498 g/mol. The third kappa shape index (κ3) is 5.56. The molecular formula is C24H23FN4O5S. The highest BCUT2D eigenvalue weighted by atomic mass is 32.2. The molecule has 0 saturated carbocycles. The molecule has 0 spiro atoms. The summed E-state index contributed by atoms with van der Waals surface area (Å²) in [5.41, 5.74) is 2.45. The van der Waals surface area contributed by atoms with Crippen LogP contribution in [0.5, 0.6) is 0 Å². The Morgan fingerprint density at radius 1 is 1.11 bits per heavy atom.